The fourth-order valence-electron chi connectivity index (χ4n) is 3.18. The molecule has 0 radical (unpaired) electrons. The van der Waals surface area contributed by atoms with Gasteiger partial charge in [-0.1, -0.05) is 36.4 Å². The van der Waals surface area contributed by atoms with Gasteiger partial charge >= 0.3 is 0 Å². The number of aromatic nitrogens is 3. The predicted molar refractivity (Wildman–Crippen MR) is 111 cm³/mol. The summed E-state index contributed by atoms with van der Waals surface area (Å²) in [6.45, 7) is 0. The van der Waals surface area contributed by atoms with Crippen molar-refractivity contribution in [1.29, 1.82) is 0 Å². The molecule has 5 N–H and O–H groups in total. The number of phenolic OH excluding ortho intramolecular Hbond substituents is 2. The first-order valence-corrected chi connectivity index (χ1v) is 10.2. The van der Waals surface area contributed by atoms with E-state index in [0.29, 0.717) is 5.69 Å². The summed E-state index contributed by atoms with van der Waals surface area (Å²) in [7, 11) is -2.80. The molecule has 0 saturated heterocycles. The molecule has 0 saturated carbocycles. The monoisotopic (exact) mass is 427 g/mol. The van der Waals surface area contributed by atoms with E-state index in [-0.39, 0.29) is 34.6 Å². The Labute approximate surface area is 171 Å². The number of hydrogen-bond acceptors (Lipinski definition) is 7. The van der Waals surface area contributed by atoms with Gasteiger partial charge in [0.05, 0.1) is 18.4 Å². The molecule has 4 aromatic rings. The van der Waals surface area contributed by atoms with Crippen LogP contribution in [0.4, 0.5) is 5.95 Å². The van der Waals surface area contributed by atoms with Crippen LogP contribution in [0.15, 0.2) is 54.6 Å². The lowest BCUT2D eigenvalue weighted by Gasteiger charge is -2.15. The van der Waals surface area contributed by atoms with Crippen LogP contribution in [-0.2, 0) is 10.2 Å². The third kappa shape index (κ3) is 3.47. The number of nitrogens with two attached hydrogens (primary N) is 1. The Balaban J connectivity index is 2.05. The standard InChI is InChI=1S/C19H17N5O5S/c1-29-17-9-13(15(25)10-16(17)26)18-21-22-19(23-30(20,27)28)24(18)14-8-4-6-11-5-2-3-7-12(11)14/h2-10,25-26H,1H3,(H,22,23)(H2,20,27,28). The molecule has 0 aliphatic carbocycles. The zero-order chi connectivity index (χ0) is 21.5. The number of fused-ring (bicyclic) bond motifs is 1. The lowest BCUT2D eigenvalue weighted by Crippen LogP contribution is -2.24. The fraction of sp³-hybridized carbons (Fsp3) is 0.0526. The average molecular weight is 427 g/mol. The summed E-state index contributed by atoms with van der Waals surface area (Å²) in [5.74, 6) is -0.540. The normalized spacial score (nSPS) is 11.5. The van der Waals surface area contributed by atoms with Crippen LogP contribution in [0.25, 0.3) is 27.8 Å². The molecule has 0 spiro atoms. The van der Waals surface area contributed by atoms with Crippen LogP contribution in [0, 0.1) is 0 Å². The minimum Gasteiger partial charge on any atom is -0.507 e. The largest absolute Gasteiger partial charge is 0.507 e. The topological polar surface area (TPSA) is 153 Å². The van der Waals surface area contributed by atoms with Gasteiger partial charge in [-0.25, -0.2) is 9.86 Å². The van der Waals surface area contributed by atoms with E-state index in [2.05, 4.69) is 14.9 Å². The summed E-state index contributed by atoms with van der Waals surface area (Å²) in [4.78, 5) is 0. The number of aromatic hydroxyl groups is 2. The Morgan fingerprint density at radius 2 is 1.77 bits per heavy atom. The highest BCUT2D eigenvalue weighted by Crippen LogP contribution is 2.40. The van der Waals surface area contributed by atoms with E-state index in [0.717, 1.165) is 16.8 Å². The molecule has 0 unspecified atom stereocenters. The van der Waals surface area contributed by atoms with E-state index in [4.69, 9.17) is 9.88 Å². The summed E-state index contributed by atoms with van der Waals surface area (Å²) in [5.41, 5.74) is 0.707. The van der Waals surface area contributed by atoms with Gasteiger partial charge in [-0.15, -0.1) is 10.2 Å². The quantitative estimate of drug-likeness (QED) is 0.380. The lowest BCUT2D eigenvalue weighted by atomic mass is 10.1. The Bertz CT molecular complexity index is 1360. The van der Waals surface area contributed by atoms with Crippen molar-refractivity contribution in [3.63, 3.8) is 0 Å². The van der Waals surface area contributed by atoms with E-state index in [1.54, 1.807) is 12.1 Å². The third-order valence-electron chi connectivity index (χ3n) is 4.44. The second-order valence-electron chi connectivity index (χ2n) is 6.37. The first-order valence-electron chi connectivity index (χ1n) is 8.63. The van der Waals surface area contributed by atoms with Crippen LogP contribution >= 0.6 is 0 Å². The molecule has 0 aliphatic heterocycles. The number of nitrogens with one attached hydrogen (secondary N) is 1. The smallest absolute Gasteiger partial charge is 0.298 e. The van der Waals surface area contributed by atoms with E-state index in [1.807, 2.05) is 30.3 Å². The van der Waals surface area contributed by atoms with Crippen molar-refractivity contribution in [3.05, 3.63) is 54.6 Å². The Kier molecular flexibility index (Phi) is 4.68. The van der Waals surface area contributed by atoms with Crippen LogP contribution in [0.1, 0.15) is 0 Å². The molecule has 0 atom stereocenters. The molecule has 1 aromatic heterocycles. The zero-order valence-corrected chi connectivity index (χ0v) is 16.5. The van der Waals surface area contributed by atoms with Crippen molar-refractivity contribution in [3.8, 4) is 34.3 Å². The molecule has 11 heteroatoms. The SMILES string of the molecule is COc1cc(-c2nnc(NS(N)(=O)=O)n2-c2cccc3ccccc23)c(O)cc1O. The number of anilines is 1. The van der Waals surface area contributed by atoms with Gasteiger partial charge in [0.1, 0.15) is 5.75 Å². The Hall–Kier alpha value is -3.83. The van der Waals surface area contributed by atoms with Crippen LogP contribution in [0.5, 0.6) is 17.2 Å². The summed E-state index contributed by atoms with van der Waals surface area (Å²) in [5, 5.41) is 35.1. The van der Waals surface area contributed by atoms with Crippen LogP contribution < -0.4 is 14.6 Å². The van der Waals surface area contributed by atoms with Crippen molar-refractivity contribution in [2.75, 3.05) is 11.8 Å². The number of rotatable bonds is 5. The third-order valence-corrected chi connectivity index (χ3v) is 4.91. The number of phenols is 2. The maximum Gasteiger partial charge on any atom is 0.298 e. The van der Waals surface area contributed by atoms with Gasteiger partial charge < -0.3 is 14.9 Å². The molecule has 0 bridgehead atoms. The molecular weight excluding hydrogens is 410 g/mol. The first kappa shape index (κ1) is 19.5. The second-order valence-corrected chi connectivity index (χ2v) is 7.66. The van der Waals surface area contributed by atoms with Gasteiger partial charge in [0.25, 0.3) is 10.2 Å². The van der Waals surface area contributed by atoms with Crippen molar-refractivity contribution in [2.45, 2.75) is 0 Å². The minimum absolute atomic E-state index is 0.0937. The number of benzene rings is 3. The van der Waals surface area contributed by atoms with Crippen LogP contribution in [0.3, 0.4) is 0 Å². The molecule has 1 heterocycles. The average Bonchev–Trinajstić information content (AvgIpc) is 3.09. The number of nitrogens with zero attached hydrogens (tertiary/aromatic N) is 3. The van der Waals surface area contributed by atoms with Crippen molar-refractivity contribution >= 4 is 26.9 Å². The lowest BCUT2D eigenvalue weighted by molar-refractivity contribution is 0.370. The van der Waals surface area contributed by atoms with Crippen LogP contribution in [0.2, 0.25) is 0 Å². The predicted octanol–water partition coefficient (Wildman–Crippen LogP) is 2.12. The zero-order valence-electron chi connectivity index (χ0n) is 15.6. The van der Waals surface area contributed by atoms with E-state index in [9.17, 15) is 18.6 Å². The second kappa shape index (κ2) is 7.21. The van der Waals surface area contributed by atoms with E-state index < -0.39 is 10.2 Å². The van der Waals surface area contributed by atoms with Crippen LogP contribution in [-0.4, -0.2) is 40.5 Å². The molecule has 0 amide bonds. The highest BCUT2D eigenvalue weighted by molar-refractivity contribution is 7.90. The highest BCUT2D eigenvalue weighted by atomic mass is 32.2. The van der Waals surface area contributed by atoms with Gasteiger partial charge in [0.15, 0.2) is 17.3 Å². The van der Waals surface area contributed by atoms with Gasteiger partial charge in [-0.2, -0.15) is 8.42 Å². The number of methoxy groups -OCH3 is 1. The molecule has 3 aromatic carbocycles. The maximum atomic E-state index is 11.7. The molecule has 4 rings (SSSR count). The number of hydrogen-bond donors (Lipinski definition) is 4. The molecule has 0 fully saturated rings. The molecule has 154 valence electrons. The van der Waals surface area contributed by atoms with Gasteiger partial charge in [-0.05, 0) is 17.5 Å². The Morgan fingerprint density at radius 3 is 2.50 bits per heavy atom. The van der Waals surface area contributed by atoms with Gasteiger partial charge in [0, 0.05) is 11.5 Å². The van der Waals surface area contributed by atoms with Crippen molar-refractivity contribution in [1.82, 2.24) is 14.8 Å². The summed E-state index contributed by atoms with van der Waals surface area (Å²) < 4.78 is 32.0. The first-order chi connectivity index (χ1) is 14.3. The Morgan fingerprint density at radius 1 is 1.03 bits per heavy atom. The molecular formula is C19H17N5O5S. The minimum atomic E-state index is -4.16. The van der Waals surface area contributed by atoms with E-state index >= 15 is 0 Å². The van der Waals surface area contributed by atoms with Crippen molar-refractivity contribution < 1.29 is 23.4 Å². The molecule has 30 heavy (non-hydrogen) atoms. The molecule has 10 nitrogen and oxygen atoms in total. The van der Waals surface area contributed by atoms with Crippen molar-refractivity contribution in [2.24, 2.45) is 5.14 Å². The van der Waals surface area contributed by atoms with Gasteiger partial charge in [-0.3, -0.25) is 4.57 Å². The fourth-order valence-corrected chi connectivity index (χ4v) is 3.57. The van der Waals surface area contributed by atoms with Gasteiger partial charge in [0.2, 0.25) is 5.95 Å². The molecule has 0 aliphatic rings. The highest BCUT2D eigenvalue weighted by Gasteiger charge is 2.23. The number of ether oxygens (including phenoxy) is 1. The summed E-state index contributed by atoms with van der Waals surface area (Å²) in [6.07, 6.45) is 0. The summed E-state index contributed by atoms with van der Waals surface area (Å²) in [6, 6.07) is 15.4. The van der Waals surface area contributed by atoms with E-state index in [1.165, 1.54) is 17.7 Å². The maximum absolute atomic E-state index is 11.7. The summed E-state index contributed by atoms with van der Waals surface area (Å²) >= 11 is 0.